The number of carbonyl (C=O) groups is 1. The van der Waals surface area contributed by atoms with Crippen LogP contribution < -0.4 is 11.5 Å². The third-order valence-electron chi connectivity index (χ3n) is 3.84. The van der Waals surface area contributed by atoms with Crippen molar-refractivity contribution in [3.8, 4) is 5.75 Å². The van der Waals surface area contributed by atoms with Gasteiger partial charge in [0, 0.05) is 36.1 Å². The molecule has 6 N–H and O–H groups in total. The molecule has 0 aliphatic carbocycles. The number of para-hydroxylation sites is 1. The first-order valence-electron chi connectivity index (χ1n) is 8.20. The minimum absolute atomic E-state index is 0.00306. The average Bonchev–Trinajstić information content (AvgIpc) is 3.07. The summed E-state index contributed by atoms with van der Waals surface area (Å²) in [6, 6.07) is 8.73. The molecule has 3 rings (SSSR count). The van der Waals surface area contributed by atoms with Crippen LogP contribution in [-0.4, -0.2) is 47.2 Å². The molecule has 1 aromatic carbocycles. The van der Waals surface area contributed by atoms with Crippen LogP contribution in [0.2, 0.25) is 0 Å². The number of aromatic nitrogens is 1. The molecule has 1 aliphatic rings. The zero-order valence-corrected chi connectivity index (χ0v) is 14.5. The first-order valence-corrected chi connectivity index (χ1v) is 8.20. The number of hydrogen-bond donors (Lipinski definition) is 4. The number of carbonyl (C=O) groups excluding carboxylic acids is 1. The Bertz CT molecular complexity index is 777. The molecule has 1 aliphatic heterocycles. The highest BCUT2D eigenvalue weighted by Gasteiger charge is 2.12. The van der Waals surface area contributed by atoms with Crippen LogP contribution in [0.25, 0.3) is 11.8 Å². The lowest BCUT2D eigenvalue weighted by Gasteiger charge is -2.25. The van der Waals surface area contributed by atoms with Crippen molar-refractivity contribution in [1.29, 1.82) is 0 Å². The fourth-order valence-corrected chi connectivity index (χ4v) is 2.40. The zero-order chi connectivity index (χ0) is 18.9. The van der Waals surface area contributed by atoms with E-state index in [1.165, 1.54) is 6.08 Å². The number of benzene rings is 1. The smallest absolute Gasteiger partial charge is 0.246 e. The van der Waals surface area contributed by atoms with Crippen LogP contribution in [0.15, 0.2) is 49.2 Å². The Balaban J connectivity index is 0.000000209. The average molecular weight is 356 g/mol. The summed E-state index contributed by atoms with van der Waals surface area (Å²) in [5, 5.41) is 9.62. The van der Waals surface area contributed by atoms with E-state index in [0.717, 1.165) is 5.56 Å². The molecule has 7 heteroatoms. The Morgan fingerprint density at radius 3 is 2.54 bits per heavy atom. The van der Waals surface area contributed by atoms with Crippen LogP contribution in [0.4, 0.5) is 5.82 Å². The maximum Gasteiger partial charge on any atom is 0.246 e. The molecule has 0 radical (unpaired) electrons. The normalized spacial score (nSPS) is 14.3. The predicted octanol–water partition coefficient (Wildman–Crippen LogP) is 1.79. The predicted molar refractivity (Wildman–Crippen MR) is 103 cm³/mol. The summed E-state index contributed by atoms with van der Waals surface area (Å²) in [6.07, 6.45) is 4.80. The lowest BCUT2D eigenvalue weighted by Crippen LogP contribution is -2.39. The minimum atomic E-state index is 0.00306. The molecule has 1 amide bonds. The second-order valence-corrected chi connectivity index (χ2v) is 5.61. The van der Waals surface area contributed by atoms with Gasteiger partial charge in [-0.1, -0.05) is 18.7 Å². The minimum Gasteiger partial charge on any atom is -0.507 e. The Morgan fingerprint density at radius 1 is 1.27 bits per heavy atom. The SMILES string of the molecule is C=CC(=O)N1CCOCC1.N/C(=C\c1cc[nH]c1N)c1ccccc1O. The molecule has 0 unspecified atom stereocenters. The van der Waals surface area contributed by atoms with E-state index in [1.807, 2.05) is 12.1 Å². The molecule has 0 saturated carbocycles. The van der Waals surface area contributed by atoms with Crippen molar-refractivity contribution in [2.75, 3.05) is 32.0 Å². The maximum atomic E-state index is 10.9. The summed E-state index contributed by atoms with van der Waals surface area (Å²) in [6.45, 7) is 6.11. The van der Waals surface area contributed by atoms with Gasteiger partial charge in [0.2, 0.25) is 5.91 Å². The number of nitrogens with two attached hydrogens (primary N) is 2. The van der Waals surface area contributed by atoms with Crippen molar-refractivity contribution in [1.82, 2.24) is 9.88 Å². The monoisotopic (exact) mass is 356 g/mol. The van der Waals surface area contributed by atoms with Crippen LogP contribution in [0.1, 0.15) is 11.1 Å². The van der Waals surface area contributed by atoms with E-state index in [0.29, 0.717) is 43.4 Å². The molecule has 2 heterocycles. The third kappa shape index (κ3) is 5.15. The van der Waals surface area contributed by atoms with Gasteiger partial charge in [-0.05, 0) is 30.4 Å². The van der Waals surface area contributed by atoms with Gasteiger partial charge < -0.3 is 31.2 Å². The number of aromatic amines is 1. The van der Waals surface area contributed by atoms with E-state index in [1.54, 1.807) is 35.4 Å². The van der Waals surface area contributed by atoms with Gasteiger partial charge >= 0.3 is 0 Å². The number of nitrogen functional groups attached to an aromatic ring is 1. The Kier molecular flexibility index (Phi) is 6.87. The number of nitrogens with zero attached hydrogens (tertiary/aromatic N) is 1. The number of phenolic OH excluding ortho intramolecular Hbond substituents is 1. The quantitative estimate of drug-likeness (QED) is 0.626. The molecule has 1 fully saturated rings. The van der Waals surface area contributed by atoms with E-state index in [9.17, 15) is 9.90 Å². The summed E-state index contributed by atoms with van der Waals surface area (Å²) in [5.41, 5.74) is 13.5. The van der Waals surface area contributed by atoms with Gasteiger partial charge in [-0.15, -0.1) is 0 Å². The van der Waals surface area contributed by atoms with Gasteiger partial charge in [-0.2, -0.15) is 0 Å². The molecule has 138 valence electrons. The summed E-state index contributed by atoms with van der Waals surface area (Å²) < 4.78 is 5.07. The highest BCUT2D eigenvalue weighted by molar-refractivity contribution is 5.87. The first-order chi connectivity index (χ1) is 12.5. The Hall–Kier alpha value is -3.19. The number of amides is 1. The van der Waals surface area contributed by atoms with E-state index in [4.69, 9.17) is 16.2 Å². The van der Waals surface area contributed by atoms with Crippen molar-refractivity contribution in [3.05, 3.63) is 60.3 Å². The number of rotatable bonds is 3. The van der Waals surface area contributed by atoms with Gasteiger partial charge in [0.15, 0.2) is 0 Å². The lowest BCUT2D eigenvalue weighted by molar-refractivity contribution is -0.129. The highest BCUT2D eigenvalue weighted by atomic mass is 16.5. The molecule has 2 aromatic rings. The van der Waals surface area contributed by atoms with E-state index >= 15 is 0 Å². The second-order valence-electron chi connectivity index (χ2n) is 5.61. The second kappa shape index (κ2) is 9.33. The fourth-order valence-electron chi connectivity index (χ4n) is 2.40. The largest absolute Gasteiger partial charge is 0.507 e. The molecule has 0 atom stereocenters. The van der Waals surface area contributed by atoms with Gasteiger partial charge in [0.1, 0.15) is 11.6 Å². The third-order valence-corrected chi connectivity index (χ3v) is 3.84. The van der Waals surface area contributed by atoms with Crippen LogP contribution in [0.3, 0.4) is 0 Å². The lowest BCUT2D eigenvalue weighted by atomic mass is 10.1. The van der Waals surface area contributed by atoms with E-state index < -0.39 is 0 Å². The summed E-state index contributed by atoms with van der Waals surface area (Å²) in [5.74, 6) is 0.715. The van der Waals surface area contributed by atoms with Crippen LogP contribution in [0, 0.1) is 0 Å². The summed E-state index contributed by atoms with van der Waals surface area (Å²) >= 11 is 0. The molecule has 7 nitrogen and oxygen atoms in total. The topological polar surface area (TPSA) is 118 Å². The van der Waals surface area contributed by atoms with Crippen molar-refractivity contribution < 1.29 is 14.6 Å². The van der Waals surface area contributed by atoms with Gasteiger partial charge in [-0.3, -0.25) is 4.79 Å². The number of hydrogen-bond acceptors (Lipinski definition) is 5. The number of phenols is 1. The van der Waals surface area contributed by atoms with E-state index in [-0.39, 0.29) is 11.7 Å². The molecular formula is C19H24N4O3. The Morgan fingerprint density at radius 2 is 1.96 bits per heavy atom. The van der Waals surface area contributed by atoms with Crippen LogP contribution in [-0.2, 0) is 9.53 Å². The number of aromatic hydroxyl groups is 1. The van der Waals surface area contributed by atoms with Gasteiger partial charge in [0.05, 0.1) is 13.2 Å². The number of H-pyrrole nitrogens is 1. The number of nitrogens with one attached hydrogen (secondary N) is 1. The molecular weight excluding hydrogens is 332 g/mol. The van der Waals surface area contributed by atoms with Gasteiger partial charge in [-0.25, -0.2) is 0 Å². The van der Waals surface area contributed by atoms with Crippen LogP contribution >= 0.6 is 0 Å². The number of morpholine rings is 1. The standard InChI is InChI=1S/C12H13N3O.C7H11NO2/c13-10(7-8-5-6-15-12(8)14)9-3-1-2-4-11(9)16;1-2-7(9)8-3-5-10-6-4-8/h1-7,15-16H,13-14H2;2H,1,3-6H2/b10-7-;. The number of anilines is 1. The molecule has 0 bridgehead atoms. The molecule has 1 aromatic heterocycles. The number of ether oxygens (including phenoxy) is 1. The highest BCUT2D eigenvalue weighted by Crippen LogP contribution is 2.23. The summed E-state index contributed by atoms with van der Waals surface area (Å²) in [4.78, 5) is 15.5. The van der Waals surface area contributed by atoms with Crippen LogP contribution in [0.5, 0.6) is 5.75 Å². The van der Waals surface area contributed by atoms with Gasteiger partial charge in [0.25, 0.3) is 0 Å². The first kappa shape index (κ1) is 19.1. The maximum absolute atomic E-state index is 10.9. The van der Waals surface area contributed by atoms with Crippen molar-refractivity contribution in [2.24, 2.45) is 5.73 Å². The zero-order valence-electron chi connectivity index (χ0n) is 14.5. The van der Waals surface area contributed by atoms with Crippen molar-refractivity contribution in [3.63, 3.8) is 0 Å². The Labute approximate surface area is 152 Å². The van der Waals surface area contributed by atoms with Crippen molar-refractivity contribution in [2.45, 2.75) is 0 Å². The molecule has 0 spiro atoms. The van der Waals surface area contributed by atoms with Crippen molar-refractivity contribution >= 4 is 23.5 Å². The molecule has 1 saturated heterocycles. The molecule has 26 heavy (non-hydrogen) atoms. The fraction of sp³-hybridized carbons (Fsp3) is 0.211. The van der Waals surface area contributed by atoms with E-state index in [2.05, 4.69) is 11.6 Å². The summed E-state index contributed by atoms with van der Waals surface area (Å²) in [7, 11) is 0.